The Bertz CT molecular complexity index is 332. The molecule has 0 atom stereocenters. The minimum atomic E-state index is 0.450. The monoisotopic (exact) mass is 196 g/mol. The zero-order valence-corrected chi connectivity index (χ0v) is 7.91. The number of hydrogen-bond acceptors (Lipinski definition) is 2. The second kappa shape index (κ2) is 4.67. The molecule has 0 N–H and O–H groups in total. The summed E-state index contributed by atoms with van der Waals surface area (Å²) in [6.07, 6.45) is 3.96. The van der Waals surface area contributed by atoms with Crippen LogP contribution in [0, 0.1) is 0 Å². The highest BCUT2D eigenvalue weighted by Gasteiger charge is 2.01. The SMILES string of the molecule is CC=COc1ccc(Cl)cc1C=O. The molecule has 0 heterocycles. The molecule has 0 aromatic heterocycles. The molecule has 3 heteroatoms. The largest absolute Gasteiger partial charge is 0.465 e. The third-order valence-electron chi connectivity index (χ3n) is 1.43. The van der Waals surface area contributed by atoms with Crippen molar-refractivity contribution in [2.45, 2.75) is 6.92 Å². The lowest BCUT2D eigenvalue weighted by Crippen LogP contribution is -1.88. The lowest BCUT2D eigenvalue weighted by Gasteiger charge is -2.02. The first-order chi connectivity index (χ1) is 6.27. The first-order valence-corrected chi connectivity index (χ1v) is 4.18. The molecule has 0 aliphatic carbocycles. The maximum absolute atomic E-state index is 10.6. The van der Waals surface area contributed by atoms with Gasteiger partial charge in [-0.25, -0.2) is 0 Å². The van der Waals surface area contributed by atoms with E-state index in [1.807, 2.05) is 6.92 Å². The van der Waals surface area contributed by atoms with Gasteiger partial charge in [-0.3, -0.25) is 4.79 Å². The summed E-state index contributed by atoms with van der Waals surface area (Å²) in [5.41, 5.74) is 0.450. The summed E-state index contributed by atoms with van der Waals surface area (Å²) in [5, 5.41) is 0.523. The minimum Gasteiger partial charge on any atom is -0.465 e. The van der Waals surface area contributed by atoms with Crippen LogP contribution in [-0.4, -0.2) is 6.29 Å². The summed E-state index contributed by atoms with van der Waals surface area (Å²) in [6, 6.07) is 4.90. The van der Waals surface area contributed by atoms with E-state index in [0.29, 0.717) is 22.6 Å². The molecule has 1 aromatic rings. The van der Waals surface area contributed by atoms with Crippen LogP contribution in [0.3, 0.4) is 0 Å². The maximum Gasteiger partial charge on any atom is 0.153 e. The number of aldehydes is 1. The van der Waals surface area contributed by atoms with Crippen molar-refractivity contribution in [1.82, 2.24) is 0 Å². The molecule has 0 saturated heterocycles. The van der Waals surface area contributed by atoms with Crippen LogP contribution in [0.2, 0.25) is 5.02 Å². The molecule has 0 bridgehead atoms. The average molecular weight is 197 g/mol. The van der Waals surface area contributed by atoms with Crippen molar-refractivity contribution in [3.63, 3.8) is 0 Å². The molecule has 0 aliphatic heterocycles. The molecule has 0 unspecified atom stereocenters. The van der Waals surface area contributed by atoms with Gasteiger partial charge in [0.15, 0.2) is 6.29 Å². The van der Waals surface area contributed by atoms with Crippen LogP contribution in [0.5, 0.6) is 5.75 Å². The Labute approximate surface area is 81.8 Å². The van der Waals surface area contributed by atoms with Crippen LogP contribution in [0.25, 0.3) is 0 Å². The van der Waals surface area contributed by atoms with E-state index in [1.165, 1.54) is 6.26 Å². The summed E-state index contributed by atoms with van der Waals surface area (Å²) in [4.78, 5) is 10.6. The van der Waals surface area contributed by atoms with Crippen LogP contribution in [-0.2, 0) is 0 Å². The van der Waals surface area contributed by atoms with E-state index in [0.717, 1.165) is 0 Å². The van der Waals surface area contributed by atoms with Crippen LogP contribution in [0.1, 0.15) is 17.3 Å². The first-order valence-electron chi connectivity index (χ1n) is 3.80. The molecule has 0 fully saturated rings. The molecule has 0 amide bonds. The maximum atomic E-state index is 10.6. The predicted octanol–water partition coefficient (Wildman–Crippen LogP) is 3.06. The number of ether oxygens (including phenoxy) is 1. The molecule has 0 spiro atoms. The third kappa shape index (κ3) is 2.60. The average Bonchev–Trinajstić information content (AvgIpc) is 2.16. The number of benzene rings is 1. The highest BCUT2D eigenvalue weighted by Crippen LogP contribution is 2.21. The van der Waals surface area contributed by atoms with Gasteiger partial charge in [-0.05, 0) is 25.1 Å². The van der Waals surface area contributed by atoms with Crippen molar-refractivity contribution >= 4 is 17.9 Å². The van der Waals surface area contributed by atoms with Gasteiger partial charge >= 0.3 is 0 Å². The van der Waals surface area contributed by atoms with E-state index in [4.69, 9.17) is 16.3 Å². The second-order valence-corrected chi connectivity index (χ2v) is 2.82. The zero-order valence-electron chi connectivity index (χ0n) is 7.16. The summed E-state index contributed by atoms with van der Waals surface area (Å²) in [6.45, 7) is 1.83. The summed E-state index contributed by atoms with van der Waals surface area (Å²) < 4.78 is 5.16. The van der Waals surface area contributed by atoms with E-state index < -0.39 is 0 Å². The molecule has 0 aliphatic rings. The highest BCUT2D eigenvalue weighted by molar-refractivity contribution is 6.30. The Balaban J connectivity index is 2.98. The van der Waals surface area contributed by atoms with Gasteiger partial charge in [0.2, 0.25) is 0 Å². The quantitative estimate of drug-likeness (QED) is 0.549. The fraction of sp³-hybridized carbons (Fsp3) is 0.100. The Morgan fingerprint density at radius 1 is 1.46 bits per heavy atom. The number of rotatable bonds is 3. The number of carbonyl (C=O) groups is 1. The van der Waals surface area contributed by atoms with Crippen LogP contribution in [0.4, 0.5) is 0 Å². The topological polar surface area (TPSA) is 26.3 Å². The standard InChI is InChI=1S/C10H9ClO2/c1-2-5-13-10-4-3-9(11)6-8(10)7-12/h2-7H,1H3. The van der Waals surface area contributed by atoms with E-state index in [2.05, 4.69) is 0 Å². The molecule has 2 nitrogen and oxygen atoms in total. The zero-order chi connectivity index (χ0) is 9.68. The van der Waals surface area contributed by atoms with Crippen molar-refractivity contribution in [1.29, 1.82) is 0 Å². The van der Waals surface area contributed by atoms with Crippen molar-refractivity contribution in [2.75, 3.05) is 0 Å². The fourth-order valence-corrected chi connectivity index (χ4v) is 1.04. The highest BCUT2D eigenvalue weighted by atomic mass is 35.5. The summed E-state index contributed by atoms with van der Waals surface area (Å²) in [7, 11) is 0. The van der Waals surface area contributed by atoms with Crippen LogP contribution < -0.4 is 4.74 Å². The van der Waals surface area contributed by atoms with Gasteiger partial charge in [0.05, 0.1) is 11.8 Å². The van der Waals surface area contributed by atoms with Gasteiger partial charge in [0.1, 0.15) is 5.75 Å². The van der Waals surface area contributed by atoms with Crippen molar-refractivity contribution < 1.29 is 9.53 Å². The molecule has 68 valence electrons. The molecule has 0 saturated carbocycles. The number of carbonyl (C=O) groups excluding carboxylic acids is 1. The van der Waals surface area contributed by atoms with Crippen LogP contribution in [0.15, 0.2) is 30.5 Å². The smallest absolute Gasteiger partial charge is 0.153 e. The molecule has 13 heavy (non-hydrogen) atoms. The Morgan fingerprint density at radius 3 is 2.85 bits per heavy atom. The Kier molecular flexibility index (Phi) is 3.53. The van der Waals surface area contributed by atoms with Crippen LogP contribution >= 0.6 is 11.6 Å². The van der Waals surface area contributed by atoms with Gasteiger partial charge in [0, 0.05) is 5.02 Å². The molecular weight excluding hydrogens is 188 g/mol. The number of allylic oxidation sites excluding steroid dienone is 1. The molecule has 1 rings (SSSR count). The van der Waals surface area contributed by atoms with E-state index in [9.17, 15) is 4.79 Å². The molecule has 1 aromatic carbocycles. The normalized spacial score (nSPS) is 10.3. The predicted molar refractivity (Wildman–Crippen MR) is 52.3 cm³/mol. The number of hydrogen-bond donors (Lipinski definition) is 0. The first kappa shape index (κ1) is 9.81. The van der Waals surface area contributed by atoms with Gasteiger partial charge in [-0.1, -0.05) is 17.7 Å². The second-order valence-electron chi connectivity index (χ2n) is 2.39. The van der Waals surface area contributed by atoms with E-state index in [-0.39, 0.29) is 0 Å². The van der Waals surface area contributed by atoms with Crippen molar-refractivity contribution in [2.24, 2.45) is 0 Å². The lowest BCUT2D eigenvalue weighted by atomic mass is 10.2. The molecular formula is C10H9ClO2. The van der Waals surface area contributed by atoms with Gasteiger partial charge in [-0.15, -0.1) is 0 Å². The fourth-order valence-electron chi connectivity index (χ4n) is 0.860. The van der Waals surface area contributed by atoms with Crippen molar-refractivity contribution in [3.05, 3.63) is 41.1 Å². The van der Waals surface area contributed by atoms with E-state index >= 15 is 0 Å². The number of halogens is 1. The minimum absolute atomic E-state index is 0.450. The summed E-state index contributed by atoms with van der Waals surface area (Å²) in [5.74, 6) is 0.512. The van der Waals surface area contributed by atoms with Gasteiger partial charge < -0.3 is 4.74 Å². The Hall–Kier alpha value is -1.28. The molecule has 0 radical (unpaired) electrons. The Morgan fingerprint density at radius 2 is 2.23 bits per heavy atom. The summed E-state index contributed by atoms with van der Waals surface area (Å²) >= 11 is 5.70. The van der Waals surface area contributed by atoms with E-state index in [1.54, 1.807) is 24.3 Å². The van der Waals surface area contributed by atoms with Gasteiger partial charge in [0.25, 0.3) is 0 Å². The lowest BCUT2D eigenvalue weighted by molar-refractivity contribution is 0.112. The van der Waals surface area contributed by atoms with Crippen molar-refractivity contribution in [3.8, 4) is 5.75 Å². The van der Waals surface area contributed by atoms with Gasteiger partial charge in [-0.2, -0.15) is 0 Å². The third-order valence-corrected chi connectivity index (χ3v) is 1.66.